The van der Waals surface area contributed by atoms with Crippen molar-refractivity contribution in [1.29, 1.82) is 0 Å². The van der Waals surface area contributed by atoms with Gasteiger partial charge in [0.05, 0.1) is 0 Å². The summed E-state index contributed by atoms with van der Waals surface area (Å²) in [6.07, 6.45) is 4.52. The summed E-state index contributed by atoms with van der Waals surface area (Å²) in [5.74, 6) is 1.69. The zero-order valence-corrected chi connectivity index (χ0v) is 16.1. The number of carbonyl (C=O) groups is 1. The van der Waals surface area contributed by atoms with Crippen LogP contribution in [-0.4, -0.2) is 23.7 Å². The molecule has 0 unspecified atom stereocenters. The molecule has 25 heavy (non-hydrogen) atoms. The second kappa shape index (κ2) is 9.61. The molecule has 3 N–H and O–H groups in total. The highest BCUT2D eigenvalue weighted by Gasteiger charge is 2.27. The van der Waals surface area contributed by atoms with Gasteiger partial charge >= 0.3 is 0 Å². The van der Waals surface area contributed by atoms with Crippen molar-refractivity contribution in [3.05, 3.63) is 29.8 Å². The minimum atomic E-state index is -0.267. The number of aryl methyl sites for hydroxylation is 1. The molecular formula is C19H29N3O2S. The third kappa shape index (κ3) is 6.20. The molecule has 3 atom stereocenters. The summed E-state index contributed by atoms with van der Waals surface area (Å²) in [6, 6.07) is 8.10. The van der Waals surface area contributed by atoms with E-state index in [-0.39, 0.29) is 12.5 Å². The number of hydrogen-bond acceptors (Lipinski definition) is 3. The molecule has 1 fully saturated rings. The average molecular weight is 364 g/mol. The predicted molar refractivity (Wildman–Crippen MR) is 104 cm³/mol. The normalized spacial score (nSPS) is 22.8. The Morgan fingerprint density at radius 2 is 2.08 bits per heavy atom. The Hall–Kier alpha value is -1.82. The highest BCUT2D eigenvalue weighted by molar-refractivity contribution is 7.80. The lowest BCUT2D eigenvalue weighted by atomic mass is 9.78. The molecule has 1 amide bonds. The van der Waals surface area contributed by atoms with Crippen LogP contribution in [0.15, 0.2) is 24.3 Å². The molecule has 1 aromatic rings. The van der Waals surface area contributed by atoms with Crippen LogP contribution in [0.2, 0.25) is 0 Å². The predicted octanol–water partition coefficient (Wildman–Crippen LogP) is 2.95. The van der Waals surface area contributed by atoms with Gasteiger partial charge in [-0.1, -0.05) is 45.7 Å². The molecule has 0 radical (unpaired) electrons. The maximum atomic E-state index is 11.9. The highest BCUT2D eigenvalue weighted by atomic mass is 32.1. The number of rotatable bonds is 5. The van der Waals surface area contributed by atoms with E-state index in [1.54, 1.807) is 0 Å². The zero-order valence-electron chi connectivity index (χ0n) is 15.3. The highest BCUT2D eigenvalue weighted by Crippen LogP contribution is 2.29. The Kier molecular flexibility index (Phi) is 7.50. The second-order valence-electron chi connectivity index (χ2n) is 6.81. The molecule has 0 heterocycles. The van der Waals surface area contributed by atoms with Gasteiger partial charge < -0.3 is 10.1 Å². The number of nitrogens with one attached hydrogen (secondary N) is 3. The standard InChI is InChI=1S/C19H29N3O2S/c1-4-15-8-6-9-16(11-15)24-12-18(23)21-22-19(25)20-17-10-5-7-13(2)14(17)3/h6,8-9,11,13-14,17H,4-5,7,10,12H2,1-3H3,(H,21,23)(H2,20,22,25)/t13-,14+,17-/m1/s1. The van der Waals surface area contributed by atoms with E-state index in [9.17, 15) is 4.79 Å². The van der Waals surface area contributed by atoms with Crippen molar-refractivity contribution in [2.45, 2.75) is 52.5 Å². The van der Waals surface area contributed by atoms with Gasteiger partial charge in [0.1, 0.15) is 5.75 Å². The molecule has 1 aromatic carbocycles. The van der Waals surface area contributed by atoms with E-state index >= 15 is 0 Å². The molecule has 6 heteroatoms. The first kappa shape index (κ1) is 19.5. The average Bonchev–Trinajstić information content (AvgIpc) is 2.62. The lowest BCUT2D eigenvalue weighted by Gasteiger charge is -2.35. The van der Waals surface area contributed by atoms with E-state index in [2.05, 4.69) is 36.9 Å². The molecule has 1 aliphatic carbocycles. The van der Waals surface area contributed by atoms with Gasteiger partial charge in [-0.3, -0.25) is 15.6 Å². The molecular weight excluding hydrogens is 334 g/mol. The van der Waals surface area contributed by atoms with Crippen molar-refractivity contribution in [3.63, 3.8) is 0 Å². The quantitative estimate of drug-likeness (QED) is 0.555. The van der Waals surface area contributed by atoms with Crippen LogP contribution in [0.1, 0.15) is 45.6 Å². The van der Waals surface area contributed by atoms with E-state index in [0.717, 1.165) is 12.8 Å². The first-order valence-corrected chi connectivity index (χ1v) is 9.47. The van der Waals surface area contributed by atoms with E-state index in [0.29, 0.717) is 28.7 Å². The Bertz CT molecular complexity index is 594. The lowest BCUT2D eigenvalue weighted by molar-refractivity contribution is -0.123. The Morgan fingerprint density at radius 3 is 2.84 bits per heavy atom. The Morgan fingerprint density at radius 1 is 1.28 bits per heavy atom. The first-order valence-electron chi connectivity index (χ1n) is 9.06. The van der Waals surface area contributed by atoms with Crippen LogP contribution in [0.5, 0.6) is 5.75 Å². The molecule has 0 aromatic heterocycles. The molecule has 5 nitrogen and oxygen atoms in total. The van der Waals surface area contributed by atoms with Crippen LogP contribution in [0.4, 0.5) is 0 Å². The third-order valence-corrected chi connectivity index (χ3v) is 5.24. The summed E-state index contributed by atoms with van der Waals surface area (Å²) in [5, 5.41) is 3.76. The van der Waals surface area contributed by atoms with Crippen molar-refractivity contribution in [2.24, 2.45) is 11.8 Å². The molecule has 0 aliphatic heterocycles. The van der Waals surface area contributed by atoms with Crippen LogP contribution in [0, 0.1) is 11.8 Å². The van der Waals surface area contributed by atoms with Crippen molar-refractivity contribution in [3.8, 4) is 5.75 Å². The number of benzene rings is 1. The van der Waals surface area contributed by atoms with Gasteiger partial charge in [0.15, 0.2) is 11.7 Å². The molecule has 0 spiro atoms. The Labute approximate surface area is 155 Å². The summed E-state index contributed by atoms with van der Waals surface area (Å²) in [5.41, 5.74) is 6.52. The number of thiocarbonyl (C=S) groups is 1. The number of hydrogen-bond donors (Lipinski definition) is 3. The van der Waals surface area contributed by atoms with Crippen LogP contribution in [0.25, 0.3) is 0 Å². The van der Waals surface area contributed by atoms with Crippen molar-refractivity contribution in [1.82, 2.24) is 16.2 Å². The summed E-state index contributed by atoms with van der Waals surface area (Å²) < 4.78 is 5.51. The van der Waals surface area contributed by atoms with E-state index < -0.39 is 0 Å². The Balaban J connectivity index is 1.69. The summed E-state index contributed by atoms with van der Waals surface area (Å²) in [6.45, 7) is 6.56. The molecule has 2 rings (SSSR count). The van der Waals surface area contributed by atoms with Gasteiger partial charge in [-0.2, -0.15) is 0 Å². The van der Waals surface area contributed by atoms with Gasteiger partial charge in [0.25, 0.3) is 5.91 Å². The zero-order chi connectivity index (χ0) is 18.2. The van der Waals surface area contributed by atoms with Gasteiger partial charge in [-0.25, -0.2) is 0 Å². The number of carbonyl (C=O) groups excluding carboxylic acids is 1. The fraction of sp³-hybridized carbons (Fsp3) is 0.579. The summed E-state index contributed by atoms with van der Waals surface area (Å²) in [7, 11) is 0. The number of hydrazine groups is 1. The van der Waals surface area contributed by atoms with E-state index in [1.807, 2.05) is 24.3 Å². The first-order chi connectivity index (χ1) is 12.0. The third-order valence-electron chi connectivity index (χ3n) is 5.02. The SMILES string of the molecule is CCc1cccc(OCC(=O)NNC(=S)N[C@@H]2CCC[C@@H](C)[C@@H]2C)c1. The maximum absolute atomic E-state index is 11.9. The van der Waals surface area contributed by atoms with Crippen molar-refractivity contribution < 1.29 is 9.53 Å². The van der Waals surface area contributed by atoms with Crippen LogP contribution in [-0.2, 0) is 11.2 Å². The minimum absolute atomic E-state index is 0.0559. The molecule has 0 saturated heterocycles. The topological polar surface area (TPSA) is 62.4 Å². The van der Waals surface area contributed by atoms with Gasteiger partial charge in [0.2, 0.25) is 0 Å². The number of amides is 1. The van der Waals surface area contributed by atoms with Crippen LogP contribution >= 0.6 is 12.2 Å². The molecule has 1 saturated carbocycles. The summed E-state index contributed by atoms with van der Waals surface area (Å²) >= 11 is 5.28. The largest absolute Gasteiger partial charge is 0.484 e. The van der Waals surface area contributed by atoms with Gasteiger partial charge in [-0.05, 0) is 54.6 Å². The van der Waals surface area contributed by atoms with Crippen LogP contribution in [0.3, 0.4) is 0 Å². The molecule has 0 bridgehead atoms. The molecule has 138 valence electrons. The second-order valence-corrected chi connectivity index (χ2v) is 7.22. The van der Waals surface area contributed by atoms with Crippen molar-refractivity contribution in [2.75, 3.05) is 6.61 Å². The number of ether oxygens (including phenoxy) is 1. The van der Waals surface area contributed by atoms with Gasteiger partial charge in [-0.15, -0.1) is 0 Å². The minimum Gasteiger partial charge on any atom is -0.484 e. The van der Waals surface area contributed by atoms with Crippen LogP contribution < -0.4 is 20.9 Å². The van der Waals surface area contributed by atoms with Crippen molar-refractivity contribution >= 4 is 23.2 Å². The summed E-state index contributed by atoms with van der Waals surface area (Å²) in [4.78, 5) is 11.9. The smallest absolute Gasteiger partial charge is 0.276 e. The van der Waals surface area contributed by atoms with E-state index in [1.165, 1.54) is 18.4 Å². The fourth-order valence-electron chi connectivity index (χ4n) is 3.16. The fourth-order valence-corrected chi connectivity index (χ4v) is 3.36. The molecule has 1 aliphatic rings. The monoisotopic (exact) mass is 363 g/mol. The van der Waals surface area contributed by atoms with Gasteiger partial charge in [0, 0.05) is 6.04 Å². The lowest BCUT2D eigenvalue weighted by Crippen LogP contribution is -2.53. The maximum Gasteiger partial charge on any atom is 0.276 e. The van der Waals surface area contributed by atoms with E-state index in [4.69, 9.17) is 17.0 Å².